The Morgan fingerprint density at radius 2 is 1.83 bits per heavy atom. The van der Waals surface area contributed by atoms with E-state index in [2.05, 4.69) is 0 Å². The fourth-order valence-corrected chi connectivity index (χ4v) is 2.57. The average Bonchev–Trinajstić information content (AvgIpc) is 2.32. The van der Waals surface area contributed by atoms with Crippen LogP contribution in [-0.4, -0.2) is 5.78 Å². The SMILES string of the molecule is Nc1cc2ccccc2cc1C(=O)CC1CCC1. The fraction of sp³-hybridized carbons (Fsp3) is 0.312. The summed E-state index contributed by atoms with van der Waals surface area (Å²) in [5, 5.41) is 2.18. The number of hydrogen-bond acceptors (Lipinski definition) is 2. The van der Waals surface area contributed by atoms with Gasteiger partial charge in [-0.25, -0.2) is 0 Å². The molecule has 1 saturated carbocycles. The molecule has 0 saturated heterocycles. The molecule has 2 heteroatoms. The lowest BCUT2D eigenvalue weighted by atomic mass is 9.80. The van der Waals surface area contributed by atoms with Gasteiger partial charge < -0.3 is 5.73 Å². The van der Waals surface area contributed by atoms with E-state index < -0.39 is 0 Å². The van der Waals surface area contributed by atoms with Crippen molar-refractivity contribution < 1.29 is 4.79 Å². The summed E-state index contributed by atoms with van der Waals surface area (Å²) >= 11 is 0. The number of benzene rings is 2. The maximum absolute atomic E-state index is 12.2. The number of rotatable bonds is 3. The third kappa shape index (κ3) is 1.99. The Morgan fingerprint density at radius 3 is 2.44 bits per heavy atom. The number of Topliss-reactive ketones (excluding diaryl/α,β-unsaturated/α-hetero) is 1. The minimum Gasteiger partial charge on any atom is -0.398 e. The number of ketones is 1. The van der Waals surface area contributed by atoms with Crippen LogP contribution in [0.4, 0.5) is 5.69 Å². The van der Waals surface area contributed by atoms with Crippen molar-refractivity contribution in [2.45, 2.75) is 25.7 Å². The molecule has 0 amide bonds. The van der Waals surface area contributed by atoms with Crippen molar-refractivity contribution in [2.75, 3.05) is 5.73 Å². The molecule has 2 aromatic rings. The molecule has 1 aliphatic carbocycles. The van der Waals surface area contributed by atoms with Crippen molar-refractivity contribution in [1.29, 1.82) is 0 Å². The molecular weight excluding hydrogens is 222 g/mol. The van der Waals surface area contributed by atoms with Crippen LogP contribution in [-0.2, 0) is 0 Å². The van der Waals surface area contributed by atoms with Gasteiger partial charge in [-0.1, -0.05) is 43.5 Å². The van der Waals surface area contributed by atoms with Gasteiger partial charge in [-0.3, -0.25) is 4.79 Å². The minimum atomic E-state index is 0.197. The van der Waals surface area contributed by atoms with E-state index in [9.17, 15) is 4.79 Å². The van der Waals surface area contributed by atoms with Crippen LogP contribution >= 0.6 is 0 Å². The van der Waals surface area contributed by atoms with Crippen LogP contribution in [0.5, 0.6) is 0 Å². The molecule has 0 aromatic heterocycles. The summed E-state index contributed by atoms with van der Waals surface area (Å²) in [5.41, 5.74) is 7.31. The molecule has 0 unspecified atom stereocenters. The predicted molar refractivity (Wildman–Crippen MR) is 74.6 cm³/mol. The number of fused-ring (bicyclic) bond motifs is 1. The van der Waals surface area contributed by atoms with Crippen molar-refractivity contribution in [1.82, 2.24) is 0 Å². The second-order valence-electron chi connectivity index (χ2n) is 5.21. The molecule has 92 valence electrons. The van der Waals surface area contributed by atoms with Crippen molar-refractivity contribution in [3.63, 3.8) is 0 Å². The van der Waals surface area contributed by atoms with Crippen LogP contribution in [0.1, 0.15) is 36.0 Å². The Balaban J connectivity index is 1.94. The van der Waals surface area contributed by atoms with Crippen LogP contribution in [0.2, 0.25) is 0 Å². The first kappa shape index (κ1) is 11.3. The van der Waals surface area contributed by atoms with Gasteiger partial charge >= 0.3 is 0 Å². The monoisotopic (exact) mass is 239 g/mol. The van der Waals surface area contributed by atoms with E-state index in [1.807, 2.05) is 36.4 Å². The van der Waals surface area contributed by atoms with E-state index in [0.717, 1.165) is 10.8 Å². The minimum absolute atomic E-state index is 0.197. The molecule has 1 fully saturated rings. The molecule has 3 rings (SSSR count). The first-order valence-corrected chi connectivity index (χ1v) is 6.55. The number of nitrogens with two attached hydrogens (primary N) is 1. The first-order valence-electron chi connectivity index (χ1n) is 6.55. The van der Waals surface area contributed by atoms with Crippen molar-refractivity contribution >= 4 is 22.2 Å². The average molecular weight is 239 g/mol. The van der Waals surface area contributed by atoms with E-state index in [-0.39, 0.29) is 5.78 Å². The molecule has 0 radical (unpaired) electrons. The van der Waals surface area contributed by atoms with Crippen molar-refractivity contribution in [3.05, 3.63) is 42.0 Å². The van der Waals surface area contributed by atoms with E-state index >= 15 is 0 Å². The summed E-state index contributed by atoms with van der Waals surface area (Å²) in [4.78, 5) is 12.2. The maximum Gasteiger partial charge on any atom is 0.165 e. The van der Waals surface area contributed by atoms with Gasteiger partial charge in [0.25, 0.3) is 0 Å². The van der Waals surface area contributed by atoms with E-state index in [0.29, 0.717) is 23.6 Å². The molecule has 1 aliphatic rings. The van der Waals surface area contributed by atoms with Crippen molar-refractivity contribution in [2.24, 2.45) is 5.92 Å². The third-order valence-electron chi connectivity index (χ3n) is 3.92. The Morgan fingerprint density at radius 1 is 1.17 bits per heavy atom. The third-order valence-corrected chi connectivity index (χ3v) is 3.92. The summed E-state index contributed by atoms with van der Waals surface area (Å²) in [7, 11) is 0. The van der Waals surface area contributed by atoms with Gasteiger partial charge in [0.05, 0.1) is 0 Å². The quantitative estimate of drug-likeness (QED) is 0.654. The van der Waals surface area contributed by atoms with Gasteiger partial charge in [-0.05, 0) is 28.8 Å². The lowest BCUT2D eigenvalue weighted by molar-refractivity contribution is 0.0937. The Hall–Kier alpha value is -1.83. The molecule has 2 aromatic carbocycles. The summed E-state index contributed by atoms with van der Waals surface area (Å²) < 4.78 is 0. The normalized spacial score (nSPS) is 15.6. The van der Waals surface area contributed by atoms with Crippen LogP contribution in [0.3, 0.4) is 0 Å². The molecular formula is C16H17NO. The highest BCUT2D eigenvalue weighted by molar-refractivity contribution is 6.05. The summed E-state index contributed by atoms with van der Waals surface area (Å²) in [5.74, 6) is 0.784. The van der Waals surface area contributed by atoms with Gasteiger partial charge in [0.2, 0.25) is 0 Å². The topological polar surface area (TPSA) is 43.1 Å². The lowest BCUT2D eigenvalue weighted by Crippen LogP contribution is -2.16. The van der Waals surface area contributed by atoms with Gasteiger partial charge in [-0.2, -0.15) is 0 Å². The predicted octanol–water partition coefficient (Wildman–Crippen LogP) is 3.79. The van der Waals surface area contributed by atoms with Gasteiger partial charge in [0.1, 0.15) is 0 Å². The highest BCUT2D eigenvalue weighted by atomic mass is 16.1. The smallest absolute Gasteiger partial charge is 0.165 e. The fourth-order valence-electron chi connectivity index (χ4n) is 2.57. The maximum atomic E-state index is 12.2. The molecule has 0 bridgehead atoms. The van der Waals surface area contributed by atoms with Gasteiger partial charge in [0.15, 0.2) is 5.78 Å². The summed E-state index contributed by atoms with van der Waals surface area (Å²) in [6, 6.07) is 11.9. The number of nitrogen functional groups attached to an aromatic ring is 1. The molecule has 0 atom stereocenters. The zero-order chi connectivity index (χ0) is 12.5. The standard InChI is InChI=1S/C16H17NO/c17-15-10-13-7-2-1-6-12(13)9-14(15)16(18)8-11-4-3-5-11/h1-2,6-7,9-11H,3-5,8,17H2. The first-order chi connectivity index (χ1) is 8.74. The Labute approximate surface area is 107 Å². The summed E-state index contributed by atoms with van der Waals surface area (Å²) in [6.07, 6.45) is 4.31. The van der Waals surface area contributed by atoms with Crippen LogP contribution in [0, 0.1) is 5.92 Å². The molecule has 0 spiro atoms. The van der Waals surface area contributed by atoms with Crippen molar-refractivity contribution in [3.8, 4) is 0 Å². The van der Waals surface area contributed by atoms with Crippen LogP contribution < -0.4 is 5.73 Å². The number of hydrogen-bond donors (Lipinski definition) is 1. The van der Waals surface area contributed by atoms with E-state index in [1.54, 1.807) is 0 Å². The second-order valence-corrected chi connectivity index (χ2v) is 5.21. The molecule has 18 heavy (non-hydrogen) atoms. The zero-order valence-electron chi connectivity index (χ0n) is 10.4. The highest BCUT2D eigenvalue weighted by Crippen LogP contribution is 2.32. The number of carbonyl (C=O) groups excluding carboxylic acids is 1. The van der Waals surface area contributed by atoms with Crippen LogP contribution in [0.25, 0.3) is 10.8 Å². The molecule has 2 N–H and O–H groups in total. The van der Waals surface area contributed by atoms with E-state index in [1.165, 1.54) is 19.3 Å². The molecule has 0 aliphatic heterocycles. The Kier molecular flexibility index (Phi) is 2.78. The number of anilines is 1. The molecule has 0 heterocycles. The largest absolute Gasteiger partial charge is 0.398 e. The second kappa shape index (κ2) is 4.45. The lowest BCUT2D eigenvalue weighted by Gasteiger charge is -2.24. The highest BCUT2D eigenvalue weighted by Gasteiger charge is 2.22. The zero-order valence-corrected chi connectivity index (χ0v) is 10.4. The van der Waals surface area contributed by atoms with Gasteiger partial charge in [-0.15, -0.1) is 0 Å². The Bertz CT molecular complexity index is 599. The molecule has 2 nitrogen and oxygen atoms in total. The summed E-state index contributed by atoms with van der Waals surface area (Å²) in [6.45, 7) is 0. The van der Waals surface area contributed by atoms with Gasteiger partial charge in [0, 0.05) is 17.7 Å². The van der Waals surface area contributed by atoms with Crippen LogP contribution in [0.15, 0.2) is 36.4 Å². The number of carbonyl (C=O) groups is 1. The van der Waals surface area contributed by atoms with E-state index in [4.69, 9.17) is 5.73 Å².